The lowest BCUT2D eigenvalue weighted by Gasteiger charge is -2.11. The highest BCUT2D eigenvalue weighted by atomic mass is 35.5. The summed E-state index contributed by atoms with van der Waals surface area (Å²) in [6.45, 7) is 0. The highest BCUT2D eigenvalue weighted by molar-refractivity contribution is 6.36. The quantitative estimate of drug-likeness (QED) is 0.654. The number of hydrogen-bond donors (Lipinski definition) is 0. The van der Waals surface area contributed by atoms with Gasteiger partial charge >= 0.3 is 0 Å². The largest absolute Gasteiger partial charge is 0.480 e. The van der Waals surface area contributed by atoms with Gasteiger partial charge in [0.05, 0.1) is 23.4 Å². The van der Waals surface area contributed by atoms with Crippen LogP contribution in [-0.4, -0.2) is 18.4 Å². The Kier molecular flexibility index (Phi) is 4.40. The number of aromatic nitrogens is 1. The van der Waals surface area contributed by atoms with Gasteiger partial charge in [0.15, 0.2) is 6.29 Å². The van der Waals surface area contributed by atoms with Crippen molar-refractivity contribution in [1.82, 2.24) is 4.98 Å². The molecule has 0 bridgehead atoms. The molecule has 2 aromatic carbocycles. The van der Waals surface area contributed by atoms with E-state index < -0.39 is 0 Å². The molecule has 3 nitrogen and oxygen atoms in total. The molecular weight excluding hydrogens is 310 g/mol. The molecule has 3 aromatic rings. The molecule has 0 unspecified atom stereocenters. The second-order valence-corrected chi connectivity index (χ2v) is 5.25. The highest BCUT2D eigenvalue weighted by Gasteiger charge is 2.13. The number of rotatable bonds is 4. The monoisotopic (exact) mass is 322 g/mol. The van der Waals surface area contributed by atoms with Gasteiger partial charge in [0, 0.05) is 11.1 Å². The van der Waals surface area contributed by atoms with Gasteiger partial charge in [-0.3, -0.25) is 4.79 Å². The van der Waals surface area contributed by atoms with E-state index in [2.05, 4.69) is 11.1 Å². The van der Waals surface area contributed by atoms with Gasteiger partial charge in [-0.05, 0) is 29.8 Å². The van der Waals surface area contributed by atoms with E-state index in [1.807, 2.05) is 42.5 Å². The molecule has 1 heterocycles. The van der Waals surface area contributed by atoms with Crippen LogP contribution >= 0.6 is 11.6 Å². The highest BCUT2D eigenvalue weighted by Crippen LogP contribution is 2.36. The van der Waals surface area contributed by atoms with Crippen molar-refractivity contribution in [3.05, 3.63) is 71.2 Å². The van der Waals surface area contributed by atoms with Crippen LogP contribution in [0.15, 0.2) is 54.6 Å². The average Bonchev–Trinajstić information content (AvgIpc) is 2.62. The summed E-state index contributed by atoms with van der Waals surface area (Å²) in [4.78, 5) is 15.4. The molecule has 113 valence electrons. The molecule has 0 fully saturated rings. The summed E-state index contributed by atoms with van der Waals surface area (Å²) in [5.74, 6) is 0.284. The van der Waals surface area contributed by atoms with Crippen LogP contribution in [0.2, 0.25) is 5.02 Å². The van der Waals surface area contributed by atoms with Gasteiger partial charge in [-0.15, -0.1) is 0 Å². The summed E-state index contributed by atoms with van der Waals surface area (Å²) in [6, 6.07) is 19.9. The van der Waals surface area contributed by atoms with Crippen LogP contribution in [-0.2, 0) is 0 Å². The minimum Gasteiger partial charge on any atom is -0.480 e. The molecule has 0 aliphatic carbocycles. The van der Waals surface area contributed by atoms with E-state index in [9.17, 15) is 4.79 Å². The first-order valence-corrected chi connectivity index (χ1v) is 7.38. The Balaban J connectivity index is 2.13. The summed E-state index contributed by atoms with van der Waals surface area (Å²) >= 11 is 6.58. The molecule has 1 radical (unpaired) electrons. The van der Waals surface area contributed by atoms with Gasteiger partial charge in [0.25, 0.3) is 0 Å². The standard InChI is InChI=1S/C19H13ClNO2/c1-23-19-14(12-22)10-11-17(21-19)16-9-5-8-15(18(16)20)13-6-3-2-4-7-13/h2-3,5-12H,1H3. The molecule has 3 rings (SSSR count). The Morgan fingerprint density at radius 1 is 1.13 bits per heavy atom. The fraction of sp³-hybridized carbons (Fsp3) is 0.0526. The number of pyridine rings is 1. The number of carbonyl (C=O) groups is 1. The maximum atomic E-state index is 11.0. The van der Waals surface area contributed by atoms with Gasteiger partial charge in [-0.2, -0.15) is 0 Å². The van der Waals surface area contributed by atoms with Crippen molar-refractivity contribution in [3.63, 3.8) is 0 Å². The number of halogens is 1. The normalized spacial score (nSPS) is 10.3. The molecule has 0 N–H and O–H groups in total. The minimum absolute atomic E-state index is 0.284. The lowest BCUT2D eigenvalue weighted by molar-refractivity contribution is 0.112. The van der Waals surface area contributed by atoms with E-state index >= 15 is 0 Å². The molecule has 0 amide bonds. The van der Waals surface area contributed by atoms with Gasteiger partial charge in [0.1, 0.15) is 0 Å². The zero-order valence-electron chi connectivity index (χ0n) is 12.4. The van der Waals surface area contributed by atoms with Crippen molar-refractivity contribution in [2.24, 2.45) is 0 Å². The van der Waals surface area contributed by atoms with E-state index in [1.54, 1.807) is 12.1 Å². The Morgan fingerprint density at radius 3 is 2.65 bits per heavy atom. The van der Waals surface area contributed by atoms with E-state index in [0.29, 0.717) is 22.6 Å². The number of ether oxygens (including phenoxy) is 1. The molecule has 0 atom stereocenters. The maximum Gasteiger partial charge on any atom is 0.224 e. The molecule has 0 saturated carbocycles. The van der Waals surface area contributed by atoms with Crippen LogP contribution in [0.3, 0.4) is 0 Å². The number of benzene rings is 2. The third-order valence-corrected chi connectivity index (χ3v) is 3.91. The van der Waals surface area contributed by atoms with Crippen molar-refractivity contribution >= 4 is 17.9 Å². The van der Waals surface area contributed by atoms with E-state index in [0.717, 1.165) is 16.7 Å². The van der Waals surface area contributed by atoms with Crippen LogP contribution in [0.5, 0.6) is 5.88 Å². The predicted octanol–water partition coefficient (Wildman–Crippen LogP) is 4.69. The molecule has 23 heavy (non-hydrogen) atoms. The molecule has 1 aromatic heterocycles. The third-order valence-electron chi connectivity index (χ3n) is 3.50. The number of aldehydes is 1. The van der Waals surface area contributed by atoms with Gasteiger partial charge < -0.3 is 4.74 Å². The van der Waals surface area contributed by atoms with Gasteiger partial charge in [-0.25, -0.2) is 4.98 Å². The Labute approximate surface area is 139 Å². The van der Waals surface area contributed by atoms with Crippen LogP contribution in [0.25, 0.3) is 22.4 Å². The summed E-state index contributed by atoms with van der Waals surface area (Å²) < 4.78 is 5.16. The number of carbonyl (C=O) groups excluding carboxylic acids is 1. The lowest BCUT2D eigenvalue weighted by atomic mass is 10.0. The fourth-order valence-corrected chi connectivity index (χ4v) is 2.70. The molecular formula is C19H13ClNO2. The number of hydrogen-bond acceptors (Lipinski definition) is 3. The van der Waals surface area contributed by atoms with Gasteiger partial charge in [-0.1, -0.05) is 48.0 Å². The summed E-state index contributed by atoms with van der Waals surface area (Å²) in [5, 5.41) is 0.598. The molecule has 0 saturated heterocycles. The first kappa shape index (κ1) is 15.3. The lowest BCUT2D eigenvalue weighted by Crippen LogP contribution is -1.96. The summed E-state index contributed by atoms with van der Waals surface area (Å²) in [7, 11) is 1.48. The summed E-state index contributed by atoms with van der Waals surface area (Å²) in [6.07, 6.45) is 0.716. The van der Waals surface area contributed by atoms with Crippen molar-refractivity contribution < 1.29 is 9.53 Å². The second-order valence-electron chi connectivity index (χ2n) is 4.87. The molecule has 0 spiro atoms. The van der Waals surface area contributed by atoms with E-state index in [-0.39, 0.29) is 5.88 Å². The second kappa shape index (κ2) is 6.63. The summed E-state index contributed by atoms with van der Waals surface area (Å²) in [5.41, 5.74) is 3.72. The van der Waals surface area contributed by atoms with E-state index in [1.165, 1.54) is 7.11 Å². The van der Waals surface area contributed by atoms with Crippen LogP contribution in [0, 0.1) is 6.07 Å². The molecule has 0 aliphatic rings. The first-order chi connectivity index (χ1) is 11.2. The zero-order valence-corrected chi connectivity index (χ0v) is 13.2. The number of nitrogens with zero attached hydrogens (tertiary/aromatic N) is 1. The van der Waals surface area contributed by atoms with Crippen LogP contribution in [0.1, 0.15) is 10.4 Å². The SMILES string of the molecule is COc1nc(-c2cccc(-c3c[c]ccc3)c2Cl)ccc1C=O. The predicted molar refractivity (Wildman–Crippen MR) is 90.9 cm³/mol. The fourth-order valence-electron chi connectivity index (χ4n) is 2.37. The zero-order chi connectivity index (χ0) is 16.2. The smallest absolute Gasteiger partial charge is 0.224 e. The number of methoxy groups -OCH3 is 1. The Bertz CT molecular complexity index is 847. The van der Waals surface area contributed by atoms with Crippen molar-refractivity contribution in [2.45, 2.75) is 0 Å². The van der Waals surface area contributed by atoms with Crippen LogP contribution in [0.4, 0.5) is 0 Å². The Hall–Kier alpha value is -2.65. The van der Waals surface area contributed by atoms with Crippen LogP contribution < -0.4 is 4.74 Å². The maximum absolute atomic E-state index is 11.0. The first-order valence-electron chi connectivity index (χ1n) is 7.00. The minimum atomic E-state index is 0.284. The van der Waals surface area contributed by atoms with Gasteiger partial charge in [0.2, 0.25) is 5.88 Å². The van der Waals surface area contributed by atoms with Crippen molar-refractivity contribution in [3.8, 4) is 28.3 Å². The molecule has 0 aliphatic heterocycles. The topological polar surface area (TPSA) is 39.2 Å². The van der Waals surface area contributed by atoms with Crippen molar-refractivity contribution in [1.29, 1.82) is 0 Å². The third kappa shape index (κ3) is 2.96. The average molecular weight is 323 g/mol. The Morgan fingerprint density at radius 2 is 1.96 bits per heavy atom. The van der Waals surface area contributed by atoms with E-state index in [4.69, 9.17) is 16.3 Å². The molecule has 4 heteroatoms. The van der Waals surface area contributed by atoms with Crippen molar-refractivity contribution in [2.75, 3.05) is 7.11 Å².